The molecule has 1 aliphatic rings. The highest BCUT2D eigenvalue weighted by molar-refractivity contribution is 8.26. The van der Waals surface area contributed by atoms with Crippen LogP contribution in [0.25, 0.3) is 6.08 Å². The zero-order valence-corrected chi connectivity index (χ0v) is 17.9. The van der Waals surface area contributed by atoms with Crippen molar-refractivity contribution in [1.29, 1.82) is 0 Å². The van der Waals surface area contributed by atoms with E-state index in [0.29, 0.717) is 35.9 Å². The molecule has 28 heavy (non-hydrogen) atoms. The van der Waals surface area contributed by atoms with Gasteiger partial charge >= 0.3 is 5.97 Å². The summed E-state index contributed by atoms with van der Waals surface area (Å²) in [5.74, 6) is -0.197. The fraction of sp³-hybridized carbons (Fsp3) is 0.450. The van der Waals surface area contributed by atoms with Crippen molar-refractivity contribution in [2.45, 2.75) is 45.6 Å². The molecule has 0 spiro atoms. The van der Waals surface area contributed by atoms with Gasteiger partial charge in [0.25, 0.3) is 5.91 Å². The lowest BCUT2D eigenvalue weighted by Gasteiger charge is -2.22. The minimum absolute atomic E-state index is 0.267. The van der Waals surface area contributed by atoms with Crippen LogP contribution in [0.3, 0.4) is 0 Å². The molecule has 152 valence electrons. The summed E-state index contributed by atoms with van der Waals surface area (Å²) in [6.07, 6.45) is 4.69. The molecule has 1 aromatic carbocycles. The van der Waals surface area contributed by atoms with Crippen molar-refractivity contribution in [3.8, 4) is 11.5 Å². The summed E-state index contributed by atoms with van der Waals surface area (Å²) in [7, 11) is 1.56. The number of nitrogens with zero attached hydrogens (tertiary/aromatic N) is 1. The Bertz CT molecular complexity index is 778. The molecule has 1 unspecified atom stereocenters. The lowest BCUT2D eigenvalue weighted by Crippen LogP contribution is -2.43. The monoisotopic (exact) mass is 423 g/mol. The third-order valence-corrected chi connectivity index (χ3v) is 5.55. The summed E-state index contributed by atoms with van der Waals surface area (Å²) in [5.41, 5.74) is 0.752. The summed E-state index contributed by atoms with van der Waals surface area (Å²) >= 11 is 6.38. The van der Waals surface area contributed by atoms with E-state index in [9.17, 15) is 14.7 Å². The van der Waals surface area contributed by atoms with Crippen molar-refractivity contribution in [2.24, 2.45) is 0 Å². The number of hydrogen-bond acceptors (Lipinski definition) is 6. The lowest BCUT2D eigenvalue weighted by molar-refractivity contribution is -0.145. The van der Waals surface area contributed by atoms with Crippen LogP contribution in [0.2, 0.25) is 0 Å². The molecule has 1 aromatic rings. The van der Waals surface area contributed by atoms with E-state index in [4.69, 9.17) is 21.7 Å². The number of thioether (sulfide) groups is 1. The van der Waals surface area contributed by atoms with Gasteiger partial charge in [0.05, 0.1) is 18.6 Å². The third kappa shape index (κ3) is 5.26. The van der Waals surface area contributed by atoms with Gasteiger partial charge in [-0.2, -0.15) is 0 Å². The SMILES string of the molecule is CCCCOc1ccc(C=C2SC(=S)N(C(CCC)C(=O)O)C2=O)cc1OC. The van der Waals surface area contributed by atoms with Crippen molar-refractivity contribution < 1.29 is 24.2 Å². The van der Waals surface area contributed by atoms with Crippen LogP contribution >= 0.6 is 24.0 Å². The first kappa shape index (κ1) is 22.2. The molecule has 1 saturated heterocycles. The molecule has 1 heterocycles. The second-order valence-electron chi connectivity index (χ2n) is 6.31. The zero-order chi connectivity index (χ0) is 20.7. The van der Waals surface area contributed by atoms with E-state index >= 15 is 0 Å². The molecule has 1 atom stereocenters. The summed E-state index contributed by atoms with van der Waals surface area (Å²) < 4.78 is 11.4. The number of carboxylic acid groups (broad SMARTS) is 1. The largest absolute Gasteiger partial charge is 0.493 e. The number of ether oxygens (including phenoxy) is 2. The molecule has 2 rings (SSSR count). The highest BCUT2D eigenvalue weighted by Gasteiger charge is 2.39. The number of amides is 1. The third-order valence-electron chi connectivity index (χ3n) is 4.22. The number of carboxylic acids is 1. The van der Waals surface area contributed by atoms with E-state index in [1.807, 2.05) is 13.0 Å². The van der Waals surface area contributed by atoms with Crippen LogP contribution in [-0.2, 0) is 9.59 Å². The van der Waals surface area contributed by atoms with Crippen LogP contribution in [0.1, 0.15) is 45.1 Å². The topological polar surface area (TPSA) is 76.1 Å². The normalized spacial score (nSPS) is 16.5. The average molecular weight is 424 g/mol. The molecule has 0 saturated carbocycles. The molecule has 6 nitrogen and oxygen atoms in total. The molecule has 0 radical (unpaired) electrons. The lowest BCUT2D eigenvalue weighted by atomic mass is 10.1. The van der Waals surface area contributed by atoms with E-state index in [1.165, 1.54) is 4.90 Å². The van der Waals surface area contributed by atoms with E-state index in [1.54, 1.807) is 25.3 Å². The summed E-state index contributed by atoms with van der Waals surface area (Å²) in [6.45, 7) is 4.58. The summed E-state index contributed by atoms with van der Waals surface area (Å²) in [5, 5.41) is 9.45. The van der Waals surface area contributed by atoms with Crippen LogP contribution in [0.15, 0.2) is 23.1 Å². The van der Waals surface area contributed by atoms with Gasteiger partial charge in [0.2, 0.25) is 0 Å². The highest BCUT2D eigenvalue weighted by Crippen LogP contribution is 2.36. The molecule has 1 fully saturated rings. The molecule has 0 aliphatic carbocycles. The van der Waals surface area contributed by atoms with Gasteiger partial charge in [-0.15, -0.1) is 0 Å². The smallest absolute Gasteiger partial charge is 0.326 e. The Morgan fingerprint density at radius 2 is 2.07 bits per heavy atom. The first-order chi connectivity index (χ1) is 13.4. The molecule has 0 bridgehead atoms. The predicted octanol–water partition coefficient (Wildman–Crippen LogP) is 4.33. The summed E-state index contributed by atoms with van der Waals surface area (Å²) in [6, 6.07) is 4.48. The highest BCUT2D eigenvalue weighted by atomic mass is 32.2. The second-order valence-corrected chi connectivity index (χ2v) is 7.98. The Labute approximate surface area is 174 Å². The van der Waals surface area contributed by atoms with Crippen LogP contribution in [0, 0.1) is 0 Å². The van der Waals surface area contributed by atoms with Gasteiger partial charge in [-0.25, -0.2) is 4.79 Å². The maximum absolute atomic E-state index is 12.8. The standard InChI is InChI=1S/C20H25NO5S2/c1-4-6-10-26-15-9-8-13(11-16(15)25-3)12-17-18(22)21(20(27)28-17)14(7-5-2)19(23)24/h8-9,11-12,14H,4-7,10H2,1-3H3,(H,23,24). The molecule has 1 N–H and O–H groups in total. The minimum atomic E-state index is -1.05. The number of methoxy groups -OCH3 is 1. The van der Waals surface area contributed by atoms with Gasteiger partial charge in [0.15, 0.2) is 11.5 Å². The maximum Gasteiger partial charge on any atom is 0.326 e. The van der Waals surface area contributed by atoms with Crippen LogP contribution in [-0.4, -0.2) is 46.0 Å². The van der Waals surface area contributed by atoms with Crippen molar-refractivity contribution >= 4 is 46.3 Å². The van der Waals surface area contributed by atoms with E-state index in [-0.39, 0.29) is 10.2 Å². The van der Waals surface area contributed by atoms with Gasteiger partial charge in [-0.3, -0.25) is 9.69 Å². The number of thiocarbonyl (C=S) groups is 1. The number of benzene rings is 1. The Morgan fingerprint density at radius 3 is 2.68 bits per heavy atom. The van der Waals surface area contributed by atoms with Gasteiger partial charge in [-0.05, 0) is 36.6 Å². The second kappa shape index (κ2) is 10.5. The average Bonchev–Trinajstić information content (AvgIpc) is 2.94. The van der Waals surface area contributed by atoms with Gasteiger partial charge in [0.1, 0.15) is 10.4 Å². The van der Waals surface area contributed by atoms with Crippen LogP contribution < -0.4 is 9.47 Å². The molecular weight excluding hydrogens is 398 g/mol. The van der Waals surface area contributed by atoms with Crippen LogP contribution in [0.5, 0.6) is 11.5 Å². The van der Waals surface area contributed by atoms with E-state index < -0.39 is 12.0 Å². The number of rotatable bonds is 10. The molecule has 1 amide bonds. The Hall–Kier alpha value is -2.06. The first-order valence-corrected chi connectivity index (χ1v) is 10.5. The molecule has 0 aromatic heterocycles. The number of unbranched alkanes of at least 4 members (excludes halogenated alkanes) is 1. The number of aliphatic carboxylic acids is 1. The predicted molar refractivity (Wildman–Crippen MR) is 115 cm³/mol. The fourth-order valence-corrected chi connectivity index (χ4v) is 4.11. The molecule has 1 aliphatic heterocycles. The first-order valence-electron chi connectivity index (χ1n) is 9.23. The quantitative estimate of drug-likeness (QED) is 0.341. The Morgan fingerprint density at radius 1 is 1.32 bits per heavy atom. The summed E-state index contributed by atoms with van der Waals surface area (Å²) in [4.78, 5) is 25.9. The van der Waals surface area contributed by atoms with Gasteiger partial charge in [-0.1, -0.05) is 56.7 Å². The number of hydrogen-bond donors (Lipinski definition) is 1. The Balaban J connectivity index is 2.24. The molecular formula is C20H25NO5S2. The van der Waals surface area contributed by atoms with Crippen molar-refractivity contribution in [3.63, 3.8) is 0 Å². The van der Waals surface area contributed by atoms with Gasteiger partial charge in [0, 0.05) is 0 Å². The number of carbonyl (C=O) groups is 2. The maximum atomic E-state index is 12.8. The molecule has 8 heteroatoms. The van der Waals surface area contributed by atoms with Gasteiger partial charge < -0.3 is 14.6 Å². The van der Waals surface area contributed by atoms with Crippen molar-refractivity contribution in [3.05, 3.63) is 28.7 Å². The van der Waals surface area contributed by atoms with E-state index in [0.717, 1.165) is 30.2 Å². The minimum Gasteiger partial charge on any atom is -0.493 e. The van der Waals surface area contributed by atoms with Crippen molar-refractivity contribution in [2.75, 3.05) is 13.7 Å². The Kier molecular flexibility index (Phi) is 8.32. The zero-order valence-electron chi connectivity index (χ0n) is 16.3. The van der Waals surface area contributed by atoms with E-state index in [2.05, 4.69) is 6.92 Å². The fourth-order valence-electron chi connectivity index (χ4n) is 2.76. The van der Waals surface area contributed by atoms with Crippen LogP contribution in [0.4, 0.5) is 0 Å². The number of carbonyl (C=O) groups excluding carboxylic acids is 1. The van der Waals surface area contributed by atoms with Crippen molar-refractivity contribution in [1.82, 2.24) is 4.90 Å².